The van der Waals surface area contributed by atoms with E-state index in [2.05, 4.69) is 10.1 Å². The number of hydrazone groups is 1. The number of rotatable bonds is 3. The van der Waals surface area contributed by atoms with E-state index in [-0.39, 0.29) is 5.97 Å². The fourth-order valence-electron chi connectivity index (χ4n) is 2.00. The predicted molar refractivity (Wildman–Crippen MR) is 73.7 cm³/mol. The van der Waals surface area contributed by atoms with Crippen LogP contribution in [0, 0.1) is 0 Å². The summed E-state index contributed by atoms with van der Waals surface area (Å²) >= 11 is 0. The van der Waals surface area contributed by atoms with Crippen LogP contribution < -0.4 is 0 Å². The fourth-order valence-corrected chi connectivity index (χ4v) is 2.00. The summed E-state index contributed by atoms with van der Waals surface area (Å²) in [6, 6.07) is 8.70. The van der Waals surface area contributed by atoms with Crippen LogP contribution in [0.1, 0.15) is 5.56 Å². The highest BCUT2D eigenvalue weighted by Gasteiger charge is 2.28. The highest BCUT2D eigenvalue weighted by molar-refractivity contribution is 6.11. The third kappa shape index (κ3) is 2.85. The zero-order valence-electron chi connectivity index (χ0n) is 10.9. The Morgan fingerprint density at radius 3 is 2.75 bits per heavy atom. The molecule has 0 spiro atoms. The molecule has 0 aliphatic carbocycles. The summed E-state index contributed by atoms with van der Waals surface area (Å²) in [5, 5.41) is 6.13. The Morgan fingerprint density at radius 2 is 2.00 bits per heavy atom. The highest BCUT2D eigenvalue weighted by Crippen LogP contribution is 2.12. The SMILES string of the molecule is O=C1OC(c2ccccc2)=NC1C=NN1CCOCC1. The van der Waals surface area contributed by atoms with E-state index in [0.29, 0.717) is 19.1 Å². The molecule has 2 aliphatic heterocycles. The molecule has 104 valence electrons. The molecule has 0 bridgehead atoms. The molecule has 0 saturated carbocycles. The molecule has 1 atom stereocenters. The second kappa shape index (κ2) is 5.83. The second-order valence-electron chi connectivity index (χ2n) is 4.50. The topological polar surface area (TPSA) is 63.5 Å². The lowest BCUT2D eigenvalue weighted by atomic mass is 10.2. The van der Waals surface area contributed by atoms with Gasteiger partial charge in [-0.3, -0.25) is 5.01 Å². The molecule has 0 N–H and O–H groups in total. The van der Waals surface area contributed by atoms with E-state index in [1.807, 2.05) is 35.3 Å². The van der Waals surface area contributed by atoms with Crippen molar-refractivity contribution < 1.29 is 14.3 Å². The molecule has 6 nitrogen and oxygen atoms in total. The average Bonchev–Trinajstić information content (AvgIpc) is 2.88. The summed E-state index contributed by atoms with van der Waals surface area (Å²) < 4.78 is 10.4. The van der Waals surface area contributed by atoms with Crippen LogP contribution in [0.4, 0.5) is 0 Å². The van der Waals surface area contributed by atoms with Gasteiger partial charge in [0.05, 0.1) is 32.5 Å². The van der Waals surface area contributed by atoms with Gasteiger partial charge in [-0.1, -0.05) is 18.2 Å². The van der Waals surface area contributed by atoms with E-state index in [0.717, 1.165) is 18.7 Å². The Balaban J connectivity index is 1.69. The predicted octanol–water partition coefficient (Wildman–Crippen LogP) is 0.677. The van der Waals surface area contributed by atoms with Gasteiger partial charge in [0.2, 0.25) is 5.90 Å². The van der Waals surface area contributed by atoms with Crippen molar-refractivity contribution in [2.24, 2.45) is 10.1 Å². The van der Waals surface area contributed by atoms with Gasteiger partial charge in [-0.15, -0.1) is 0 Å². The zero-order valence-corrected chi connectivity index (χ0v) is 10.9. The number of cyclic esters (lactones) is 1. The standard InChI is InChI=1S/C14H15N3O3/c18-14-12(10-15-17-6-8-19-9-7-17)16-13(20-14)11-4-2-1-3-5-11/h1-5,10,12H,6-9H2. The van der Waals surface area contributed by atoms with Crippen LogP contribution in [0.5, 0.6) is 0 Å². The van der Waals surface area contributed by atoms with Crippen LogP contribution in [0.15, 0.2) is 40.4 Å². The quantitative estimate of drug-likeness (QED) is 0.600. The molecule has 2 heterocycles. The van der Waals surface area contributed by atoms with Crippen LogP contribution in [-0.2, 0) is 14.3 Å². The van der Waals surface area contributed by atoms with Gasteiger partial charge >= 0.3 is 5.97 Å². The summed E-state index contributed by atoms with van der Waals surface area (Å²) in [5.41, 5.74) is 0.795. The van der Waals surface area contributed by atoms with Crippen molar-refractivity contribution >= 4 is 18.1 Å². The average molecular weight is 273 g/mol. The molecule has 3 rings (SSSR count). The summed E-state index contributed by atoms with van der Waals surface area (Å²) in [7, 11) is 0. The Labute approximate surface area is 116 Å². The maximum absolute atomic E-state index is 11.8. The van der Waals surface area contributed by atoms with E-state index in [9.17, 15) is 4.79 Å². The number of hydrogen-bond acceptors (Lipinski definition) is 6. The molecule has 1 saturated heterocycles. The Hall–Kier alpha value is -2.21. The molecule has 2 aliphatic rings. The first kappa shape index (κ1) is 12.8. The van der Waals surface area contributed by atoms with E-state index in [4.69, 9.17) is 9.47 Å². The number of morpholine rings is 1. The highest BCUT2D eigenvalue weighted by atomic mass is 16.6. The van der Waals surface area contributed by atoms with Crippen molar-refractivity contribution in [2.45, 2.75) is 6.04 Å². The number of nitrogens with zero attached hydrogens (tertiary/aromatic N) is 3. The van der Waals surface area contributed by atoms with Crippen LogP contribution in [0.3, 0.4) is 0 Å². The molecule has 1 fully saturated rings. The number of benzene rings is 1. The van der Waals surface area contributed by atoms with Gasteiger partial charge in [0, 0.05) is 5.56 Å². The molecule has 0 amide bonds. The summed E-state index contributed by atoms with van der Waals surface area (Å²) in [6.45, 7) is 2.77. The zero-order chi connectivity index (χ0) is 13.8. The number of carbonyl (C=O) groups excluding carboxylic acids is 1. The number of carbonyl (C=O) groups is 1. The van der Waals surface area contributed by atoms with Crippen molar-refractivity contribution in [1.82, 2.24) is 5.01 Å². The van der Waals surface area contributed by atoms with Gasteiger partial charge in [-0.25, -0.2) is 9.79 Å². The second-order valence-corrected chi connectivity index (χ2v) is 4.50. The summed E-state index contributed by atoms with van der Waals surface area (Å²) in [6.07, 6.45) is 1.53. The van der Waals surface area contributed by atoms with Crippen LogP contribution in [-0.4, -0.2) is 55.4 Å². The van der Waals surface area contributed by atoms with Crippen LogP contribution >= 0.6 is 0 Å². The van der Waals surface area contributed by atoms with Gasteiger partial charge in [0.25, 0.3) is 0 Å². The maximum Gasteiger partial charge on any atom is 0.343 e. The van der Waals surface area contributed by atoms with Gasteiger partial charge in [0.1, 0.15) is 0 Å². The number of hydrogen-bond donors (Lipinski definition) is 0. The third-order valence-electron chi connectivity index (χ3n) is 3.07. The molecule has 0 radical (unpaired) electrons. The first-order chi connectivity index (χ1) is 9.83. The largest absolute Gasteiger partial charge is 0.405 e. The van der Waals surface area contributed by atoms with E-state index >= 15 is 0 Å². The maximum atomic E-state index is 11.8. The molecule has 0 aromatic heterocycles. The Kier molecular flexibility index (Phi) is 3.73. The molecule has 1 aromatic carbocycles. The van der Waals surface area contributed by atoms with Gasteiger partial charge in [-0.05, 0) is 12.1 Å². The minimum atomic E-state index is -0.659. The Bertz CT molecular complexity index is 536. The number of esters is 1. The van der Waals surface area contributed by atoms with Gasteiger partial charge < -0.3 is 9.47 Å². The molecular formula is C14H15N3O3. The fraction of sp³-hybridized carbons (Fsp3) is 0.357. The lowest BCUT2D eigenvalue weighted by molar-refractivity contribution is -0.133. The third-order valence-corrected chi connectivity index (χ3v) is 3.07. The van der Waals surface area contributed by atoms with Crippen molar-refractivity contribution in [3.8, 4) is 0 Å². The van der Waals surface area contributed by atoms with Gasteiger partial charge in [-0.2, -0.15) is 5.10 Å². The lowest BCUT2D eigenvalue weighted by Crippen LogP contribution is -2.33. The van der Waals surface area contributed by atoms with Crippen molar-refractivity contribution in [2.75, 3.05) is 26.3 Å². The van der Waals surface area contributed by atoms with E-state index in [1.54, 1.807) is 0 Å². The number of ether oxygens (including phenoxy) is 2. The number of aliphatic imine (C=N–C) groups is 1. The molecule has 1 unspecified atom stereocenters. The molecule has 6 heteroatoms. The summed E-state index contributed by atoms with van der Waals surface area (Å²) in [5.74, 6) is -0.0325. The molecular weight excluding hydrogens is 258 g/mol. The smallest absolute Gasteiger partial charge is 0.343 e. The Morgan fingerprint density at radius 1 is 1.25 bits per heavy atom. The molecule has 1 aromatic rings. The van der Waals surface area contributed by atoms with Crippen LogP contribution in [0.2, 0.25) is 0 Å². The van der Waals surface area contributed by atoms with E-state index in [1.165, 1.54) is 6.21 Å². The van der Waals surface area contributed by atoms with Gasteiger partial charge in [0.15, 0.2) is 6.04 Å². The normalized spacial score (nSPS) is 23.0. The monoisotopic (exact) mass is 273 g/mol. The van der Waals surface area contributed by atoms with Crippen LogP contribution in [0.25, 0.3) is 0 Å². The minimum Gasteiger partial charge on any atom is -0.405 e. The first-order valence-corrected chi connectivity index (χ1v) is 6.54. The van der Waals surface area contributed by atoms with Crippen molar-refractivity contribution in [3.05, 3.63) is 35.9 Å². The van der Waals surface area contributed by atoms with Crippen molar-refractivity contribution in [3.63, 3.8) is 0 Å². The molecule has 20 heavy (non-hydrogen) atoms. The minimum absolute atomic E-state index is 0.356. The lowest BCUT2D eigenvalue weighted by Gasteiger charge is -2.23. The van der Waals surface area contributed by atoms with Crippen molar-refractivity contribution in [1.29, 1.82) is 0 Å². The summed E-state index contributed by atoms with van der Waals surface area (Å²) in [4.78, 5) is 16.0. The van der Waals surface area contributed by atoms with E-state index < -0.39 is 6.04 Å². The first-order valence-electron chi connectivity index (χ1n) is 6.54.